The van der Waals surface area contributed by atoms with Crippen LogP contribution in [0.1, 0.15) is 10.4 Å². The Morgan fingerprint density at radius 1 is 0.955 bits per heavy atom. The van der Waals surface area contributed by atoms with E-state index < -0.39 is 0 Å². The maximum absolute atomic E-state index is 13.8. The minimum absolute atomic E-state index is 0.134. The molecule has 0 aliphatic carbocycles. The summed E-state index contributed by atoms with van der Waals surface area (Å²) in [6, 6.07) is 16.7. The van der Waals surface area contributed by atoms with Crippen LogP contribution in [0.4, 0.5) is 10.3 Å². The third-order valence-electron chi connectivity index (χ3n) is 3.07. The fourth-order valence-corrected chi connectivity index (χ4v) is 2.00. The van der Waals surface area contributed by atoms with E-state index in [4.69, 9.17) is 0 Å². The molecule has 5 heteroatoms. The van der Waals surface area contributed by atoms with Crippen molar-refractivity contribution in [3.8, 4) is 11.3 Å². The van der Waals surface area contributed by atoms with Crippen molar-refractivity contribution < 1.29 is 9.18 Å². The van der Waals surface area contributed by atoms with Crippen molar-refractivity contribution in [2.24, 2.45) is 0 Å². The van der Waals surface area contributed by atoms with Crippen LogP contribution in [-0.2, 0) is 0 Å². The molecule has 0 bridgehead atoms. The van der Waals surface area contributed by atoms with E-state index in [-0.39, 0.29) is 17.7 Å². The first-order chi connectivity index (χ1) is 10.7. The summed E-state index contributed by atoms with van der Waals surface area (Å²) in [5.74, 6) is -0.553. The highest BCUT2D eigenvalue weighted by molar-refractivity contribution is 6.03. The summed E-state index contributed by atoms with van der Waals surface area (Å²) < 4.78 is 13.8. The van der Waals surface area contributed by atoms with Crippen molar-refractivity contribution in [2.45, 2.75) is 0 Å². The lowest BCUT2D eigenvalue weighted by Gasteiger charge is -2.06. The van der Waals surface area contributed by atoms with Crippen LogP contribution in [0.3, 0.4) is 0 Å². The zero-order valence-electron chi connectivity index (χ0n) is 11.5. The smallest absolute Gasteiger partial charge is 0.258 e. The van der Waals surface area contributed by atoms with Gasteiger partial charge in [-0.1, -0.05) is 30.3 Å². The normalized spacial score (nSPS) is 10.2. The van der Waals surface area contributed by atoms with Gasteiger partial charge in [0.05, 0.1) is 5.69 Å². The second-order valence-electron chi connectivity index (χ2n) is 4.57. The number of rotatable bonds is 3. The van der Waals surface area contributed by atoms with E-state index in [1.807, 2.05) is 6.07 Å². The van der Waals surface area contributed by atoms with E-state index in [1.165, 1.54) is 12.3 Å². The molecule has 0 aliphatic rings. The maximum Gasteiger partial charge on any atom is 0.258 e. The topological polar surface area (TPSA) is 54.9 Å². The van der Waals surface area contributed by atoms with Crippen molar-refractivity contribution >= 4 is 11.9 Å². The summed E-state index contributed by atoms with van der Waals surface area (Å²) in [6.45, 7) is 0. The third kappa shape index (κ3) is 2.98. The quantitative estimate of drug-likeness (QED) is 0.803. The molecular formula is C17H12FN3O. The number of nitrogens with zero attached hydrogens (tertiary/aromatic N) is 2. The number of benzene rings is 2. The molecule has 1 N–H and O–H groups in total. The Morgan fingerprint density at radius 2 is 1.68 bits per heavy atom. The zero-order chi connectivity index (χ0) is 15.4. The number of nitrogens with one attached hydrogen (secondary N) is 1. The summed E-state index contributed by atoms with van der Waals surface area (Å²) in [7, 11) is 0. The molecule has 0 saturated heterocycles. The molecular weight excluding hydrogens is 281 g/mol. The highest BCUT2D eigenvalue weighted by atomic mass is 19.1. The molecule has 108 valence electrons. The molecule has 0 unspecified atom stereocenters. The van der Waals surface area contributed by atoms with Crippen LogP contribution in [-0.4, -0.2) is 15.9 Å². The molecule has 4 nitrogen and oxygen atoms in total. The second kappa shape index (κ2) is 6.13. The van der Waals surface area contributed by atoms with Gasteiger partial charge in [-0.05, 0) is 30.3 Å². The van der Waals surface area contributed by atoms with Gasteiger partial charge in [-0.15, -0.1) is 0 Å². The Balaban J connectivity index is 1.86. The summed E-state index contributed by atoms with van der Waals surface area (Å²) >= 11 is 0. The number of carbonyl (C=O) groups excluding carboxylic acids is 1. The number of aromatic nitrogens is 2. The van der Waals surface area contributed by atoms with Crippen LogP contribution < -0.4 is 5.32 Å². The minimum atomic E-state index is -0.374. The van der Waals surface area contributed by atoms with Crippen molar-refractivity contribution in [2.75, 3.05) is 5.32 Å². The second-order valence-corrected chi connectivity index (χ2v) is 4.57. The molecule has 22 heavy (non-hydrogen) atoms. The average Bonchev–Trinajstić information content (AvgIpc) is 2.56. The number of amides is 1. The van der Waals surface area contributed by atoms with E-state index in [2.05, 4.69) is 15.3 Å². The number of hydrogen-bond acceptors (Lipinski definition) is 3. The molecule has 0 aliphatic heterocycles. The predicted octanol–water partition coefficient (Wildman–Crippen LogP) is 3.54. The van der Waals surface area contributed by atoms with Gasteiger partial charge in [-0.25, -0.2) is 14.4 Å². The molecule has 0 fully saturated rings. The van der Waals surface area contributed by atoms with Crippen molar-refractivity contribution in [1.82, 2.24) is 9.97 Å². The van der Waals surface area contributed by atoms with E-state index >= 15 is 0 Å². The van der Waals surface area contributed by atoms with Gasteiger partial charge in [0, 0.05) is 17.3 Å². The lowest BCUT2D eigenvalue weighted by atomic mass is 10.1. The molecule has 1 aromatic heterocycles. The van der Waals surface area contributed by atoms with Crippen LogP contribution in [0.25, 0.3) is 11.3 Å². The van der Waals surface area contributed by atoms with Gasteiger partial charge < -0.3 is 0 Å². The average molecular weight is 293 g/mol. The van der Waals surface area contributed by atoms with Crippen molar-refractivity contribution in [3.05, 3.63) is 78.2 Å². The van der Waals surface area contributed by atoms with Crippen LogP contribution in [0, 0.1) is 5.82 Å². The highest BCUT2D eigenvalue weighted by Gasteiger charge is 2.10. The SMILES string of the molecule is O=C(Nc1nccc(-c2ccccc2F)n1)c1ccccc1. The standard InChI is InChI=1S/C17H12FN3O/c18-14-9-5-4-8-13(14)15-10-11-19-17(20-15)21-16(22)12-6-2-1-3-7-12/h1-11H,(H,19,20,21,22). The van der Waals surface area contributed by atoms with Gasteiger partial charge in [-0.2, -0.15) is 0 Å². The largest absolute Gasteiger partial charge is 0.290 e. The summed E-state index contributed by atoms with van der Waals surface area (Å²) in [5, 5.41) is 2.60. The molecule has 2 aromatic carbocycles. The van der Waals surface area contributed by atoms with Crippen LogP contribution in [0.15, 0.2) is 66.9 Å². The lowest BCUT2D eigenvalue weighted by Crippen LogP contribution is -2.14. The fraction of sp³-hybridized carbons (Fsp3) is 0. The Hall–Kier alpha value is -3.08. The molecule has 1 amide bonds. The number of hydrogen-bond donors (Lipinski definition) is 1. The molecule has 1 heterocycles. The molecule has 3 rings (SSSR count). The molecule has 0 saturated carbocycles. The first-order valence-corrected chi connectivity index (χ1v) is 6.68. The lowest BCUT2D eigenvalue weighted by molar-refractivity contribution is 0.102. The predicted molar refractivity (Wildman–Crippen MR) is 81.8 cm³/mol. The van der Waals surface area contributed by atoms with E-state index in [1.54, 1.807) is 48.5 Å². The summed E-state index contributed by atoms with van der Waals surface area (Å²) in [4.78, 5) is 20.2. The third-order valence-corrected chi connectivity index (χ3v) is 3.07. The van der Waals surface area contributed by atoms with Gasteiger partial charge in [-0.3, -0.25) is 10.1 Å². The number of halogens is 1. The highest BCUT2D eigenvalue weighted by Crippen LogP contribution is 2.20. The van der Waals surface area contributed by atoms with E-state index in [9.17, 15) is 9.18 Å². The molecule has 3 aromatic rings. The summed E-state index contributed by atoms with van der Waals surface area (Å²) in [5.41, 5.74) is 1.28. The summed E-state index contributed by atoms with van der Waals surface area (Å²) in [6.07, 6.45) is 1.48. The zero-order valence-corrected chi connectivity index (χ0v) is 11.5. The Labute approximate surface area is 126 Å². The van der Waals surface area contributed by atoms with Crippen LogP contribution >= 0.6 is 0 Å². The maximum atomic E-state index is 13.8. The van der Waals surface area contributed by atoms with Gasteiger partial charge in [0.2, 0.25) is 5.95 Å². The Kier molecular flexibility index (Phi) is 3.87. The fourth-order valence-electron chi connectivity index (χ4n) is 2.00. The van der Waals surface area contributed by atoms with E-state index in [0.29, 0.717) is 16.8 Å². The van der Waals surface area contributed by atoms with Gasteiger partial charge in [0.1, 0.15) is 5.82 Å². The number of anilines is 1. The monoisotopic (exact) mass is 293 g/mol. The van der Waals surface area contributed by atoms with Gasteiger partial charge in [0.15, 0.2) is 0 Å². The number of carbonyl (C=O) groups is 1. The Morgan fingerprint density at radius 3 is 2.45 bits per heavy atom. The Bertz CT molecular complexity index is 806. The van der Waals surface area contributed by atoms with E-state index in [0.717, 1.165) is 0 Å². The minimum Gasteiger partial charge on any atom is -0.290 e. The van der Waals surface area contributed by atoms with Crippen molar-refractivity contribution in [1.29, 1.82) is 0 Å². The molecule has 0 atom stereocenters. The van der Waals surface area contributed by atoms with Crippen LogP contribution in [0.2, 0.25) is 0 Å². The van der Waals surface area contributed by atoms with Crippen molar-refractivity contribution in [3.63, 3.8) is 0 Å². The van der Waals surface area contributed by atoms with Gasteiger partial charge in [0.25, 0.3) is 5.91 Å². The molecule has 0 spiro atoms. The molecule has 0 radical (unpaired) electrons. The first kappa shape index (κ1) is 13.9. The van der Waals surface area contributed by atoms with Crippen LogP contribution in [0.5, 0.6) is 0 Å². The first-order valence-electron chi connectivity index (χ1n) is 6.68. The van der Waals surface area contributed by atoms with Gasteiger partial charge >= 0.3 is 0 Å².